The van der Waals surface area contributed by atoms with Crippen LogP contribution in [0.25, 0.3) is 0 Å². The van der Waals surface area contributed by atoms with Gasteiger partial charge in [-0.1, -0.05) is 0 Å². The third-order valence-corrected chi connectivity index (χ3v) is 2.33. The zero-order valence-electron chi connectivity index (χ0n) is 4.89. The van der Waals surface area contributed by atoms with Crippen LogP contribution in [0.5, 0.6) is 0 Å². The fourth-order valence-electron chi connectivity index (χ4n) is 0.303. The van der Waals surface area contributed by atoms with E-state index in [0.29, 0.717) is 5.84 Å². The van der Waals surface area contributed by atoms with Crippen molar-refractivity contribution in [2.75, 3.05) is 0 Å². The van der Waals surface area contributed by atoms with Crippen LogP contribution in [-0.2, 0) is 0 Å². The molecule has 0 saturated carbocycles. The molecule has 0 heterocycles. The number of nitrogens with two attached hydrogens (primary N) is 1. The molecule has 4 heteroatoms. The topological polar surface area (TPSA) is 58.6 Å². The second-order valence-corrected chi connectivity index (χ2v) is 3.98. The fraction of sp³-hybridized carbons (Fsp3) is 0.750. The summed E-state index contributed by atoms with van der Waals surface area (Å²) in [5.74, 6) is 0.357. The molecule has 0 aliphatic heterocycles. The standard InChI is InChI=1S/C4H11AsN2O/c1-5-3-2-4(6)7-8/h5,8H,2-3H2,1H3,(H2,6,7). The molecule has 48 valence electrons. The molecule has 0 radical (unpaired) electrons. The van der Waals surface area contributed by atoms with Gasteiger partial charge in [-0.3, -0.25) is 0 Å². The molecule has 0 aliphatic rings. The summed E-state index contributed by atoms with van der Waals surface area (Å²) in [7, 11) is 0. The van der Waals surface area contributed by atoms with E-state index in [1.165, 1.54) is 0 Å². The molecule has 0 spiro atoms. The van der Waals surface area contributed by atoms with Gasteiger partial charge in [-0.2, -0.15) is 0 Å². The molecule has 0 aromatic rings. The van der Waals surface area contributed by atoms with Crippen LogP contribution in [0.1, 0.15) is 6.42 Å². The quantitative estimate of drug-likeness (QED) is 0.210. The van der Waals surface area contributed by atoms with Gasteiger partial charge < -0.3 is 0 Å². The molecule has 8 heavy (non-hydrogen) atoms. The molecule has 1 atom stereocenters. The summed E-state index contributed by atoms with van der Waals surface area (Å²) in [6.07, 6.45) is 0.757. The Morgan fingerprint density at radius 3 is 2.88 bits per heavy atom. The molecule has 3 N–H and O–H groups in total. The van der Waals surface area contributed by atoms with Gasteiger partial charge in [0.25, 0.3) is 0 Å². The Kier molecular flexibility index (Phi) is 4.87. The Morgan fingerprint density at radius 1 is 1.88 bits per heavy atom. The van der Waals surface area contributed by atoms with E-state index in [9.17, 15) is 0 Å². The first-order chi connectivity index (χ1) is 3.81. The Morgan fingerprint density at radius 2 is 2.50 bits per heavy atom. The average Bonchev–Trinajstić information content (AvgIpc) is 1.83. The minimum atomic E-state index is 0.189. The SMILES string of the molecule is C[AsH]CC/C(N)=N\O. The van der Waals surface area contributed by atoms with Crippen LogP contribution < -0.4 is 5.73 Å². The zero-order valence-corrected chi connectivity index (χ0v) is 6.98. The molecule has 1 unspecified atom stereocenters. The second kappa shape index (κ2) is 4.97. The molecule has 0 fully saturated rings. The van der Waals surface area contributed by atoms with Crippen LogP contribution in [0.2, 0.25) is 10.9 Å². The van der Waals surface area contributed by atoms with Crippen molar-refractivity contribution in [3.63, 3.8) is 0 Å². The summed E-state index contributed by atoms with van der Waals surface area (Å²) in [5.41, 5.74) is 7.36. The maximum atomic E-state index is 8.04. The molecule has 0 aliphatic carbocycles. The minimum absolute atomic E-state index is 0.189. The van der Waals surface area contributed by atoms with Crippen molar-refractivity contribution >= 4 is 21.6 Å². The third kappa shape index (κ3) is 4.00. The number of oxime groups is 1. The summed E-state index contributed by atoms with van der Waals surface area (Å²) in [6.45, 7) is 0. The van der Waals surface area contributed by atoms with Gasteiger partial charge in [0, 0.05) is 0 Å². The molecule has 0 amide bonds. The summed E-state index contributed by atoms with van der Waals surface area (Å²) in [4.78, 5) is 0. The van der Waals surface area contributed by atoms with Crippen molar-refractivity contribution in [3.8, 4) is 0 Å². The van der Waals surface area contributed by atoms with E-state index in [0.717, 1.165) is 11.6 Å². The maximum absolute atomic E-state index is 8.04. The van der Waals surface area contributed by atoms with E-state index in [-0.39, 0.29) is 15.8 Å². The number of amidine groups is 1. The van der Waals surface area contributed by atoms with Crippen molar-refractivity contribution in [3.05, 3.63) is 0 Å². The fourth-order valence-corrected chi connectivity index (χ4v) is 1.36. The Labute approximate surface area is 55.6 Å². The third-order valence-electron chi connectivity index (χ3n) is 0.760. The number of hydrogen-bond acceptors (Lipinski definition) is 2. The Balaban J connectivity index is 3.12. The van der Waals surface area contributed by atoms with E-state index in [4.69, 9.17) is 10.9 Å². The predicted octanol–water partition coefficient (Wildman–Crippen LogP) is 0.0258. The van der Waals surface area contributed by atoms with Crippen molar-refractivity contribution in [1.29, 1.82) is 0 Å². The monoisotopic (exact) mass is 178 g/mol. The van der Waals surface area contributed by atoms with Gasteiger partial charge in [-0.15, -0.1) is 0 Å². The van der Waals surface area contributed by atoms with Crippen LogP contribution in [0.3, 0.4) is 0 Å². The van der Waals surface area contributed by atoms with Crippen molar-refractivity contribution in [2.45, 2.75) is 17.3 Å². The van der Waals surface area contributed by atoms with E-state index >= 15 is 0 Å². The average molecular weight is 178 g/mol. The summed E-state index contributed by atoms with van der Waals surface area (Å²) < 4.78 is 0. The summed E-state index contributed by atoms with van der Waals surface area (Å²) in [6, 6.07) is 0. The molecule has 0 aromatic carbocycles. The van der Waals surface area contributed by atoms with Crippen molar-refractivity contribution < 1.29 is 5.21 Å². The van der Waals surface area contributed by atoms with Crippen molar-refractivity contribution in [1.82, 2.24) is 0 Å². The van der Waals surface area contributed by atoms with Crippen LogP contribution in [0, 0.1) is 0 Å². The first kappa shape index (κ1) is 7.83. The molecular formula is C4H11AsN2O. The van der Waals surface area contributed by atoms with Gasteiger partial charge in [-0.05, 0) is 0 Å². The number of rotatable bonds is 3. The Hall–Kier alpha value is -0.172. The van der Waals surface area contributed by atoms with Gasteiger partial charge in [0.15, 0.2) is 0 Å². The Bertz CT molecular complexity index is 84.1. The molecule has 0 rings (SSSR count). The normalized spacial score (nSPS) is 13.4. The first-order valence-electron chi connectivity index (χ1n) is 2.42. The van der Waals surface area contributed by atoms with Gasteiger partial charge in [0.05, 0.1) is 0 Å². The van der Waals surface area contributed by atoms with Gasteiger partial charge >= 0.3 is 55.0 Å². The van der Waals surface area contributed by atoms with E-state index in [1.54, 1.807) is 0 Å². The first-order valence-corrected chi connectivity index (χ1v) is 6.00. The van der Waals surface area contributed by atoms with Crippen LogP contribution in [0.15, 0.2) is 5.16 Å². The van der Waals surface area contributed by atoms with E-state index < -0.39 is 0 Å². The van der Waals surface area contributed by atoms with Crippen molar-refractivity contribution in [2.24, 2.45) is 10.9 Å². The molecule has 0 bridgehead atoms. The van der Waals surface area contributed by atoms with Gasteiger partial charge in [0.2, 0.25) is 0 Å². The molecule has 3 nitrogen and oxygen atoms in total. The van der Waals surface area contributed by atoms with Crippen LogP contribution in [0.4, 0.5) is 0 Å². The predicted molar refractivity (Wildman–Crippen MR) is 35.8 cm³/mol. The van der Waals surface area contributed by atoms with Crippen LogP contribution in [-0.4, -0.2) is 26.8 Å². The van der Waals surface area contributed by atoms with Gasteiger partial charge in [0.1, 0.15) is 0 Å². The second-order valence-electron chi connectivity index (χ2n) is 1.44. The molecular weight excluding hydrogens is 167 g/mol. The van der Waals surface area contributed by atoms with Gasteiger partial charge in [-0.25, -0.2) is 0 Å². The molecule has 0 saturated heterocycles. The van der Waals surface area contributed by atoms with Crippen LogP contribution >= 0.6 is 0 Å². The summed E-state index contributed by atoms with van der Waals surface area (Å²) >= 11 is 0.189. The number of hydrogen-bond donors (Lipinski definition) is 2. The van der Waals surface area contributed by atoms with E-state index in [1.807, 2.05) is 0 Å². The number of nitrogens with zero attached hydrogens (tertiary/aromatic N) is 1. The summed E-state index contributed by atoms with van der Waals surface area (Å²) in [5, 5.41) is 12.0. The molecule has 0 aromatic heterocycles. The zero-order chi connectivity index (χ0) is 6.41. The van der Waals surface area contributed by atoms with E-state index in [2.05, 4.69) is 10.9 Å².